The lowest BCUT2D eigenvalue weighted by Crippen LogP contribution is -2.18. The van der Waals surface area contributed by atoms with Gasteiger partial charge in [0, 0.05) is 23.6 Å². The van der Waals surface area contributed by atoms with Crippen LogP contribution in [0.1, 0.15) is 42.4 Å². The minimum absolute atomic E-state index is 0.242. The Labute approximate surface area is 220 Å². The Morgan fingerprint density at radius 3 is 2.61 bits per heavy atom. The average Bonchev–Trinajstić information content (AvgIpc) is 3.51. The summed E-state index contributed by atoms with van der Waals surface area (Å²) in [6.45, 7) is 1.78. The smallest absolute Gasteiger partial charge is 0.494 e. The van der Waals surface area contributed by atoms with Gasteiger partial charge in [-0.2, -0.15) is 10.1 Å². The van der Waals surface area contributed by atoms with E-state index in [4.69, 9.17) is 16.3 Å². The van der Waals surface area contributed by atoms with Gasteiger partial charge in [0.1, 0.15) is 29.4 Å². The number of anilines is 2. The van der Waals surface area contributed by atoms with Gasteiger partial charge in [-0.05, 0) is 49.6 Å². The summed E-state index contributed by atoms with van der Waals surface area (Å²) in [7, 11) is 1.53. The van der Waals surface area contributed by atoms with Gasteiger partial charge in [-0.15, -0.1) is 29.9 Å². The molecule has 0 aliphatic rings. The second-order valence-electron chi connectivity index (χ2n) is 8.27. The Kier molecular flexibility index (Phi) is 8.35. The van der Waals surface area contributed by atoms with Crippen molar-refractivity contribution in [1.82, 2.24) is 29.9 Å². The molecule has 4 aromatic rings. The van der Waals surface area contributed by atoms with Crippen molar-refractivity contribution >= 4 is 23.2 Å². The molecule has 0 aliphatic heterocycles. The van der Waals surface area contributed by atoms with E-state index in [1.807, 2.05) is 0 Å². The third-order valence-corrected chi connectivity index (χ3v) is 5.85. The number of ether oxygens (including phenoxy) is 2. The Balaban J connectivity index is 1.56. The first kappa shape index (κ1) is 27.2. The monoisotopic (exact) mass is 553 g/mol. The number of halogens is 5. The zero-order chi connectivity index (χ0) is 27.3. The summed E-state index contributed by atoms with van der Waals surface area (Å²) in [5.74, 6) is -0.262. The molecule has 2 aromatic carbocycles. The minimum atomic E-state index is -5.00. The number of alkyl halides is 4. The number of H-pyrrole nitrogens is 1. The zero-order valence-corrected chi connectivity index (χ0v) is 21.1. The highest BCUT2D eigenvalue weighted by atomic mass is 35.5. The summed E-state index contributed by atoms with van der Waals surface area (Å²) < 4.78 is 62.9. The highest BCUT2D eigenvalue weighted by molar-refractivity contribution is 6.17. The zero-order valence-electron chi connectivity index (χ0n) is 20.4. The molecule has 2 heterocycles. The Hall–Kier alpha value is -3.87. The molecule has 1 unspecified atom stereocenters. The van der Waals surface area contributed by atoms with Crippen LogP contribution in [0.2, 0.25) is 0 Å². The number of benzene rings is 2. The van der Waals surface area contributed by atoms with Crippen molar-refractivity contribution in [3.05, 3.63) is 65.8 Å². The molecule has 1 atom stereocenters. The fourth-order valence-electron chi connectivity index (χ4n) is 3.87. The van der Waals surface area contributed by atoms with Gasteiger partial charge in [0.2, 0.25) is 5.95 Å². The number of aromatic amines is 1. The molecule has 0 aliphatic carbocycles. The minimum Gasteiger partial charge on any atom is -0.494 e. The van der Waals surface area contributed by atoms with Crippen molar-refractivity contribution in [3.63, 3.8) is 0 Å². The molecule has 9 nitrogen and oxygen atoms in total. The van der Waals surface area contributed by atoms with Gasteiger partial charge in [0.25, 0.3) is 0 Å². The van der Waals surface area contributed by atoms with Crippen LogP contribution in [-0.4, -0.2) is 49.3 Å². The normalized spacial score (nSPS) is 12.4. The molecule has 14 heteroatoms. The molecule has 0 saturated carbocycles. The largest absolute Gasteiger partial charge is 0.573 e. The van der Waals surface area contributed by atoms with Crippen LogP contribution >= 0.6 is 11.6 Å². The number of rotatable bonds is 11. The van der Waals surface area contributed by atoms with E-state index < -0.39 is 23.8 Å². The molecule has 0 amide bonds. The summed E-state index contributed by atoms with van der Waals surface area (Å²) in [6, 6.07) is 8.67. The van der Waals surface area contributed by atoms with Crippen LogP contribution < -0.4 is 14.8 Å². The van der Waals surface area contributed by atoms with Gasteiger partial charge in [-0.3, -0.25) is 5.10 Å². The molecule has 0 fully saturated rings. The maximum Gasteiger partial charge on any atom is 0.573 e. The SMILES string of the molecule is COc1cc(Nc2n[nH]c(C(CCCCCl)c3ccc(OC(F)(F)F)c(F)c3)n2)ccc1-n1cnc(C)n1. The quantitative estimate of drug-likeness (QED) is 0.133. The summed E-state index contributed by atoms with van der Waals surface area (Å²) in [5.41, 5.74) is 1.74. The number of aryl methyl sites for hydroxylation is 1. The van der Waals surface area contributed by atoms with E-state index >= 15 is 0 Å². The van der Waals surface area contributed by atoms with Gasteiger partial charge >= 0.3 is 6.36 Å². The summed E-state index contributed by atoms with van der Waals surface area (Å²) in [4.78, 5) is 8.62. The number of nitrogens with zero attached hydrogens (tertiary/aromatic N) is 5. The third kappa shape index (κ3) is 6.71. The van der Waals surface area contributed by atoms with E-state index in [1.54, 1.807) is 36.1 Å². The first-order valence-electron chi connectivity index (χ1n) is 11.5. The molecule has 2 N–H and O–H groups in total. The number of methoxy groups -OCH3 is 1. The van der Waals surface area contributed by atoms with Crippen molar-refractivity contribution in [2.24, 2.45) is 0 Å². The van der Waals surface area contributed by atoms with Gasteiger partial charge in [-0.25, -0.2) is 14.1 Å². The second-order valence-corrected chi connectivity index (χ2v) is 8.65. The lowest BCUT2D eigenvalue weighted by atomic mass is 9.92. The van der Waals surface area contributed by atoms with Gasteiger partial charge in [0.05, 0.1) is 7.11 Å². The van der Waals surface area contributed by atoms with E-state index in [2.05, 4.69) is 35.3 Å². The van der Waals surface area contributed by atoms with Gasteiger partial charge < -0.3 is 14.8 Å². The van der Waals surface area contributed by atoms with Crippen LogP contribution in [0.25, 0.3) is 5.69 Å². The highest BCUT2D eigenvalue weighted by Crippen LogP contribution is 2.33. The van der Waals surface area contributed by atoms with Crippen LogP contribution in [0, 0.1) is 12.7 Å². The van der Waals surface area contributed by atoms with Crippen LogP contribution in [0.15, 0.2) is 42.7 Å². The van der Waals surface area contributed by atoms with Crippen LogP contribution in [0.3, 0.4) is 0 Å². The number of aromatic nitrogens is 6. The molecule has 0 saturated heterocycles. The van der Waals surface area contributed by atoms with Gasteiger partial charge in [0.15, 0.2) is 11.6 Å². The Morgan fingerprint density at radius 1 is 1.13 bits per heavy atom. The van der Waals surface area contributed by atoms with Gasteiger partial charge in [-0.1, -0.05) is 12.5 Å². The number of hydrogen-bond acceptors (Lipinski definition) is 7. The lowest BCUT2D eigenvalue weighted by molar-refractivity contribution is -0.275. The molecular formula is C24H24ClF4N7O2. The topological polar surface area (TPSA) is 103 Å². The van der Waals surface area contributed by atoms with E-state index in [1.165, 1.54) is 13.2 Å². The maximum absolute atomic E-state index is 14.4. The fourth-order valence-corrected chi connectivity index (χ4v) is 4.06. The molecule has 2 aromatic heterocycles. The first-order valence-corrected chi connectivity index (χ1v) is 12.1. The van der Waals surface area contributed by atoms with E-state index in [9.17, 15) is 17.6 Å². The molecule has 0 bridgehead atoms. The van der Waals surface area contributed by atoms with E-state index in [0.717, 1.165) is 12.1 Å². The van der Waals surface area contributed by atoms with Crippen molar-refractivity contribution < 1.29 is 27.0 Å². The van der Waals surface area contributed by atoms with Crippen molar-refractivity contribution in [2.75, 3.05) is 18.3 Å². The molecule has 4 rings (SSSR count). The fraction of sp³-hybridized carbons (Fsp3) is 0.333. The number of nitrogens with one attached hydrogen (secondary N) is 2. The predicted octanol–water partition coefficient (Wildman–Crippen LogP) is 6.02. The highest BCUT2D eigenvalue weighted by Gasteiger charge is 2.32. The van der Waals surface area contributed by atoms with Crippen molar-refractivity contribution in [2.45, 2.75) is 38.5 Å². The van der Waals surface area contributed by atoms with Crippen molar-refractivity contribution in [1.29, 1.82) is 0 Å². The average molecular weight is 554 g/mol. The van der Waals surface area contributed by atoms with E-state index in [-0.39, 0.29) is 5.95 Å². The number of hydrogen-bond donors (Lipinski definition) is 2. The summed E-state index contributed by atoms with van der Waals surface area (Å²) in [6.07, 6.45) is -1.52. The molecule has 0 radical (unpaired) electrons. The molecule has 38 heavy (non-hydrogen) atoms. The predicted molar refractivity (Wildman–Crippen MR) is 132 cm³/mol. The summed E-state index contributed by atoms with van der Waals surface area (Å²) >= 11 is 5.81. The molecular weight excluding hydrogens is 530 g/mol. The van der Waals surface area contributed by atoms with E-state index in [0.29, 0.717) is 59.5 Å². The standard InChI is InChI=1S/C24H24ClF4N7O2/c1-14-30-13-36(35-14)19-8-7-16(12-21(19)37-2)31-23-32-22(33-34-23)17(5-3-4-10-25)15-6-9-20(18(26)11-15)38-24(27,28)29/h6-9,11-13,17H,3-5,10H2,1-2H3,(H2,31,32,33,34). The van der Waals surface area contributed by atoms with Crippen LogP contribution in [0.4, 0.5) is 29.2 Å². The second kappa shape index (κ2) is 11.7. The third-order valence-electron chi connectivity index (χ3n) is 5.58. The number of unbranched alkanes of at least 4 members (excludes halogenated alkanes) is 1. The van der Waals surface area contributed by atoms with Crippen LogP contribution in [-0.2, 0) is 0 Å². The Morgan fingerprint density at radius 2 is 1.95 bits per heavy atom. The van der Waals surface area contributed by atoms with Crippen molar-refractivity contribution in [3.8, 4) is 17.2 Å². The molecule has 202 valence electrons. The Bertz CT molecular complexity index is 1380. The maximum atomic E-state index is 14.4. The lowest BCUT2D eigenvalue weighted by Gasteiger charge is -2.16. The summed E-state index contributed by atoms with van der Waals surface area (Å²) in [5, 5.41) is 14.4. The molecule has 0 spiro atoms. The van der Waals surface area contributed by atoms with Crippen LogP contribution in [0.5, 0.6) is 11.5 Å². The first-order chi connectivity index (χ1) is 18.2.